The first-order valence-electron chi connectivity index (χ1n) is 13.2. The number of rotatable bonds is 7. The van der Waals surface area contributed by atoms with Gasteiger partial charge in [0, 0.05) is 0 Å². The second-order valence-corrected chi connectivity index (χ2v) is 9.93. The topological polar surface area (TPSA) is 0 Å². The number of hydrogen-bond acceptors (Lipinski definition) is 0. The average molecular weight is 491 g/mol. The fraction of sp³-hybridized carbons (Fsp3) is 0.105. The highest BCUT2D eigenvalue weighted by Crippen LogP contribution is 2.62. The lowest BCUT2D eigenvalue weighted by Crippen LogP contribution is -2.27. The molecule has 3 aromatic rings. The molecule has 0 bridgehead atoms. The molecule has 0 saturated carbocycles. The van der Waals surface area contributed by atoms with Gasteiger partial charge in [-0.15, -0.1) is 0 Å². The zero-order chi connectivity index (χ0) is 26.9. The third-order valence-corrected chi connectivity index (χ3v) is 7.98. The molecule has 0 heterocycles. The summed E-state index contributed by atoms with van der Waals surface area (Å²) < 4.78 is 0. The second-order valence-electron chi connectivity index (χ2n) is 9.93. The molecule has 0 unspecified atom stereocenters. The lowest BCUT2D eigenvalue weighted by Gasteiger charge is -2.33. The Balaban J connectivity index is 1.75. The maximum absolute atomic E-state index is 4.18. The van der Waals surface area contributed by atoms with E-state index in [0.717, 1.165) is 11.1 Å². The molecule has 3 aromatic carbocycles. The first kappa shape index (κ1) is 25.2. The normalized spacial score (nSPS) is 15.8. The van der Waals surface area contributed by atoms with Gasteiger partial charge in [-0.25, -0.2) is 0 Å². The van der Waals surface area contributed by atoms with Crippen molar-refractivity contribution in [2.45, 2.75) is 26.2 Å². The van der Waals surface area contributed by atoms with Crippen molar-refractivity contribution in [1.82, 2.24) is 0 Å². The van der Waals surface area contributed by atoms with Crippen LogP contribution in [0.1, 0.15) is 37.5 Å². The predicted molar refractivity (Wildman–Crippen MR) is 166 cm³/mol. The van der Waals surface area contributed by atoms with Crippen LogP contribution in [0.25, 0.3) is 27.8 Å². The van der Waals surface area contributed by atoms with Crippen LogP contribution in [0.5, 0.6) is 0 Å². The van der Waals surface area contributed by atoms with Gasteiger partial charge in [-0.05, 0) is 93.6 Å². The summed E-state index contributed by atoms with van der Waals surface area (Å²) >= 11 is 0. The Hall–Kier alpha value is -4.42. The molecular weight excluding hydrogens is 456 g/mol. The van der Waals surface area contributed by atoms with Gasteiger partial charge in [-0.2, -0.15) is 0 Å². The van der Waals surface area contributed by atoms with Gasteiger partial charge in [0.2, 0.25) is 0 Å². The fourth-order valence-electron chi connectivity index (χ4n) is 6.16. The number of benzene rings is 3. The smallest absolute Gasteiger partial charge is 0.0718 e. The summed E-state index contributed by atoms with van der Waals surface area (Å²) in [5, 5.41) is 0. The van der Waals surface area contributed by atoms with Gasteiger partial charge in [-0.3, -0.25) is 0 Å². The van der Waals surface area contributed by atoms with Crippen molar-refractivity contribution in [2.24, 2.45) is 0 Å². The summed E-state index contributed by atoms with van der Waals surface area (Å²) in [6.07, 6.45) is 16.4. The molecule has 0 aliphatic heterocycles. The van der Waals surface area contributed by atoms with E-state index in [1.807, 2.05) is 31.2 Å². The van der Waals surface area contributed by atoms with Crippen LogP contribution in [-0.2, 0) is 5.41 Å². The van der Waals surface area contributed by atoms with Crippen LogP contribution in [0.3, 0.4) is 0 Å². The standard InChI is InChI=1S/C38H34/c1-7-10-16-34-27(5)28(6)35(17-11-8-2)38(34)36-18-13-12-15-32(36)33-25-31(23-24-37(33)38)30-21-19-29(20-22-30)26(4)14-9-3/h7-25H,1-2,4H2,3,5-6H3/b14-9-,16-10-,17-11-. The molecule has 0 N–H and O–H groups in total. The van der Waals surface area contributed by atoms with Gasteiger partial charge in [0.1, 0.15) is 0 Å². The van der Waals surface area contributed by atoms with Crippen molar-refractivity contribution in [1.29, 1.82) is 0 Å². The molecule has 0 heteroatoms. The third-order valence-electron chi connectivity index (χ3n) is 7.98. The molecule has 186 valence electrons. The Labute approximate surface area is 227 Å². The molecule has 0 fully saturated rings. The lowest BCUT2D eigenvalue weighted by atomic mass is 9.68. The second kappa shape index (κ2) is 10.1. The molecule has 0 saturated heterocycles. The molecule has 1 spiro atoms. The van der Waals surface area contributed by atoms with E-state index in [2.05, 4.69) is 125 Å². The summed E-state index contributed by atoms with van der Waals surface area (Å²) in [4.78, 5) is 0. The average Bonchev–Trinajstić information content (AvgIpc) is 3.35. The molecule has 0 aromatic heterocycles. The van der Waals surface area contributed by atoms with E-state index in [-0.39, 0.29) is 5.41 Å². The van der Waals surface area contributed by atoms with Gasteiger partial charge in [0.15, 0.2) is 0 Å². The first-order valence-corrected chi connectivity index (χ1v) is 13.2. The largest absolute Gasteiger partial charge is 0.0991 e. The van der Waals surface area contributed by atoms with E-state index in [9.17, 15) is 0 Å². The number of fused-ring (bicyclic) bond motifs is 5. The lowest BCUT2D eigenvalue weighted by molar-refractivity contribution is 0.777. The van der Waals surface area contributed by atoms with E-state index in [1.54, 1.807) is 0 Å². The Morgan fingerprint density at radius 1 is 0.711 bits per heavy atom. The first-order chi connectivity index (χ1) is 18.5. The van der Waals surface area contributed by atoms with Crippen LogP contribution < -0.4 is 0 Å². The van der Waals surface area contributed by atoms with Gasteiger partial charge in [-0.1, -0.05) is 129 Å². The Bertz CT molecular complexity index is 1570. The van der Waals surface area contributed by atoms with Crippen molar-refractivity contribution >= 4 is 5.57 Å². The Kier molecular flexibility index (Phi) is 6.74. The molecule has 2 aliphatic carbocycles. The minimum absolute atomic E-state index is 0.369. The molecule has 0 radical (unpaired) electrons. The van der Waals surface area contributed by atoms with Crippen molar-refractivity contribution in [3.8, 4) is 22.3 Å². The molecule has 38 heavy (non-hydrogen) atoms. The zero-order valence-electron chi connectivity index (χ0n) is 22.6. The Morgan fingerprint density at radius 2 is 1.29 bits per heavy atom. The zero-order valence-corrected chi connectivity index (χ0v) is 22.6. The minimum Gasteiger partial charge on any atom is -0.0991 e. The van der Waals surface area contributed by atoms with Crippen LogP contribution >= 0.6 is 0 Å². The van der Waals surface area contributed by atoms with E-state index >= 15 is 0 Å². The summed E-state index contributed by atoms with van der Waals surface area (Å²) in [6, 6.07) is 24.6. The van der Waals surface area contributed by atoms with Crippen molar-refractivity contribution in [3.63, 3.8) is 0 Å². The molecule has 2 aliphatic rings. The van der Waals surface area contributed by atoms with Crippen molar-refractivity contribution < 1.29 is 0 Å². The number of allylic oxidation sites excluding steroid dienone is 13. The van der Waals surface area contributed by atoms with Crippen LogP contribution in [0.2, 0.25) is 0 Å². The Morgan fingerprint density at radius 3 is 1.89 bits per heavy atom. The monoisotopic (exact) mass is 490 g/mol. The highest BCUT2D eigenvalue weighted by atomic mass is 14.5. The minimum atomic E-state index is -0.369. The van der Waals surface area contributed by atoms with Crippen LogP contribution in [0, 0.1) is 0 Å². The fourth-order valence-corrected chi connectivity index (χ4v) is 6.16. The molecule has 0 atom stereocenters. The van der Waals surface area contributed by atoms with Crippen LogP contribution in [0.15, 0.2) is 157 Å². The summed E-state index contributed by atoms with van der Waals surface area (Å²) in [5.74, 6) is 0. The third kappa shape index (κ3) is 3.76. The predicted octanol–water partition coefficient (Wildman–Crippen LogP) is 10.3. The van der Waals surface area contributed by atoms with Crippen molar-refractivity contribution in [3.05, 3.63) is 174 Å². The van der Waals surface area contributed by atoms with E-state index < -0.39 is 0 Å². The van der Waals surface area contributed by atoms with Crippen LogP contribution in [-0.4, -0.2) is 0 Å². The summed E-state index contributed by atoms with van der Waals surface area (Å²) in [6.45, 7) is 18.6. The quantitative estimate of drug-likeness (QED) is 0.289. The SMILES string of the molecule is C=C/C=C\C1=C(C)C(C)=C(/C=C\C=C)C12c1ccccc1-c1cc(-c3ccc(C(=C)/C=C\C)cc3)ccc12. The highest BCUT2D eigenvalue weighted by molar-refractivity contribution is 5.91. The van der Waals surface area contributed by atoms with Gasteiger partial charge >= 0.3 is 0 Å². The maximum atomic E-state index is 4.18. The van der Waals surface area contributed by atoms with E-state index in [4.69, 9.17) is 0 Å². The molecular formula is C38H34. The van der Waals surface area contributed by atoms with E-state index in [0.29, 0.717) is 0 Å². The number of hydrogen-bond donors (Lipinski definition) is 0. The summed E-state index contributed by atoms with van der Waals surface area (Å²) in [7, 11) is 0. The highest BCUT2D eigenvalue weighted by Gasteiger charge is 2.51. The molecule has 0 nitrogen and oxygen atoms in total. The van der Waals surface area contributed by atoms with E-state index in [1.165, 1.54) is 55.7 Å². The van der Waals surface area contributed by atoms with Gasteiger partial charge in [0.25, 0.3) is 0 Å². The molecule has 0 amide bonds. The van der Waals surface area contributed by atoms with Crippen molar-refractivity contribution in [2.75, 3.05) is 0 Å². The van der Waals surface area contributed by atoms with Crippen LogP contribution in [0.4, 0.5) is 0 Å². The molecule has 5 rings (SSSR count). The maximum Gasteiger partial charge on any atom is 0.0718 e. The summed E-state index contributed by atoms with van der Waals surface area (Å²) in [5.41, 5.74) is 14.7. The van der Waals surface area contributed by atoms with Gasteiger partial charge < -0.3 is 0 Å². The van der Waals surface area contributed by atoms with Gasteiger partial charge in [0.05, 0.1) is 5.41 Å².